The molecular formula is C11H18N2OS. The molecule has 0 unspecified atom stereocenters. The van der Waals surface area contributed by atoms with Crippen LogP contribution in [0.3, 0.4) is 0 Å². The molecule has 15 heavy (non-hydrogen) atoms. The zero-order valence-electron chi connectivity index (χ0n) is 9.29. The molecule has 1 aromatic rings. The van der Waals surface area contributed by atoms with Gasteiger partial charge in [0.2, 0.25) is 0 Å². The molecule has 0 radical (unpaired) electrons. The van der Waals surface area contributed by atoms with Crippen LogP contribution in [0.5, 0.6) is 5.75 Å². The number of thioether (sulfide) groups is 1. The van der Waals surface area contributed by atoms with E-state index in [1.54, 1.807) is 6.07 Å². The molecule has 0 bridgehead atoms. The van der Waals surface area contributed by atoms with Gasteiger partial charge in [-0.1, -0.05) is 0 Å². The van der Waals surface area contributed by atoms with Crippen molar-refractivity contribution in [2.75, 3.05) is 18.6 Å². The van der Waals surface area contributed by atoms with Gasteiger partial charge in [0.15, 0.2) is 0 Å². The summed E-state index contributed by atoms with van der Waals surface area (Å²) < 4.78 is 0. The highest BCUT2D eigenvalue weighted by Crippen LogP contribution is 2.13. The molecule has 0 atom stereocenters. The van der Waals surface area contributed by atoms with Crippen molar-refractivity contribution < 1.29 is 5.11 Å². The molecule has 0 aliphatic heterocycles. The Morgan fingerprint density at radius 2 is 2.27 bits per heavy atom. The van der Waals surface area contributed by atoms with Crippen LogP contribution in [-0.2, 0) is 6.54 Å². The second-order valence-electron chi connectivity index (χ2n) is 3.44. The van der Waals surface area contributed by atoms with E-state index in [1.807, 2.05) is 24.8 Å². The molecule has 84 valence electrons. The van der Waals surface area contributed by atoms with Gasteiger partial charge in [0.05, 0.1) is 5.69 Å². The van der Waals surface area contributed by atoms with Crippen molar-refractivity contribution in [1.82, 2.24) is 10.3 Å². The number of aromatic nitrogens is 1. The highest BCUT2D eigenvalue weighted by atomic mass is 32.2. The maximum Gasteiger partial charge on any atom is 0.138 e. The summed E-state index contributed by atoms with van der Waals surface area (Å²) in [6.45, 7) is 3.54. The van der Waals surface area contributed by atoms with Crippen LogP contribution in [0.25, 0.3) is 0 Å². The number of aromatic hydroxyl groups is 1. The normalized spacial score (nSPS) is 10.5. The summed E-state index contributed by atoms with van der Waals surface area (Å²) in [6, 6.07) is 3.51. The van der Waals surface area contributed by atoms with Gasteiger partial charge in [-0.15, -0.1) is 0 Å². The highest BCUT2D eigenvalue weighted by Gasteiger charge is 2.01. The lowest BCUT2D eigenvalue weighted by atomic mass is 10.3. The Hall–Kier alpha value is -0.740. The number of rotatable bonds is 6. The maximum absolute atomic E-state index is 9.53. The van der Waals surface area contributed by atoms with E-state index in [1.165, 1.54) is 5.75 Å². The number of hydrogen-bond donors (Lipinski definition) is 2. The average molecular weight is 226 g/mol. The monoisotopic (exact) mass is 226 g/mol. The first-order chi connectivity index (χ1) is 7.24. The number of nitrogens with zero attached hydrogens (tertiary/aromatic N) is 1. The Morgan fingerprint density at radius 3 is 3.00 bits per heavy atom. The summed E-state index contributed by atoms with van der Waals surface area (Å²) in [4.78, 5) is 4.27. The molecule has 0 aliphatic carbocycles. The fourth-order valence-corrected chi connectivity index (χ4v) is 1.71. The summed E-state index contributed by atoms with van der Waals surface area (Å²) in [5, 5.41) is 12.8. The van der Waals surface area contributed by atoms with Crippen LogP contribution < -0.4 is 5.32 Å². The Kier molecular flexibility index (Phi) is 5.50. The van der Waals surface area contributed by atoms with Gasteiger partial charge < -0.3 is 10.4 Å². The molecule has 2 N–H and O–H groups in total. The van der Waals surface area contributed by atoms with Gasteiger partial charge in [-0.25, -0.2) is 0 Å². The Balaban J connectivity index is 2.33. The van der Waals surface area contributed by atoms with Gasteiger partial charge >= 0.3 is 0 Å². The maximum atomic E-state index is 9.53. The van der Waals surface area contributed by atoms with Crippen molar-refractivity contribution in [3.63, 3.8) is 0 Å². The van der Waals surface area contributed by atoms with Gasteiger partial charge in [-0.3, -0.25) is 4.98 Å². The third kappa shape index (κ3) is 4.53. The second-order valence-corrected chi connectivity index (χ2v) is 4.43. The molecule has 0 amide bonds. The van der Waals surface area contributed by atoms with Crippen molar-refractivity contribution in [2.24, 2.45) is 0 Å². The fourth-order valence-electron chi connectivity index (χ4n) is 1.28. The lowest BCUT2D eigenvalue weighted by molar-refractivity contribution is 0.459. The summed E-state index contributed by atoms with van der Waals surface area (Å²) in [5.41, 5.74) is 1.67. The van der Waals surface area contributed by atoms with E-state index in [9.17, 15) is 5.11 Å². The average Bonchev–Trinajstić information content (AvgIpc) is 2.23. The van der Waals surface area contributed by atoms with E-state index in [0.29, 0.717) is 6.54 Å². The van der Waals surface area contributed by atoms with Crippen LogP contribution in [0.15, 0.2) is 12.1 Å². The topological polar surface area (TPSA) is 45.2 Å². The van der Waals surface area contributed by atoms with Crippen LogP contribution in [0.1, 0.15) is 17.8 Å². The largest absolute Gasteiger partial charge is 0.506 e. The quantitative estimate of drug-likeness (QED) is 0.728. The molecule has 3 nitrogen and oxygen atoms in total. The first kappa shape index (κ1) is 12.3. The van der Waals surface area contributed by atoms with Crippen LogP contribution in [0.2, 0.25) is 0 Å². The minimum Gasteiger partial charge on any atom is -0.506 e. The Bertz CT molecular complexity index is 305. The van der Waals surface area contributed by atoms with Crippen molar-refractivity contribution in [2.45, 2.75) is 19.9 Å². The molecule has 0 aliphatic rings. The zero-order valence-corrected chi connectivity index (χ0v) is 10.1. The van der Waals surface area contributed by atoms with E-state index in [4.69, 9.17) is 0 Å². The molecule has 4 heteroatoms. The third-order valence-electron chi connectivity index (χ3n) is 2.08. The molecular weight excluding hydrogens is 208 g/mol. The van der Waals surface area contributed by atoms with Gasteiger partial charge in [-0.2, -0.15) is 11.8 Å². The number of pyridine rings is 1. The SMILES string of the molecule is CSCCCNCc1nc(C)ccc1O. The predicted molar refractivity (Wildman–Crippen MR) is 65.3 cm³/mol. The van der Waals surface area contributed by atoms with Crippen LogP contribution in [0, 0.1) is 6.92 Å². The summed E-state index contributed by atoms with van der Waals surface area (Å²) >= 11 is 1.85. The van der Waals surface area contributed by atoms with Crippen molar-refractivity contribution in [1.29, 1.82) is 0 Å². The van der Waals surface area contributed by atoms with Gasteiger partial charge in [0.1, 0.15) is 5.75 Å². The van der Waals surface area contributed by atoms with E-state index in [-0.39, 0.29) is 5.75 Å². The van der Waals surface area contributed by atoms with E-state index in [2.05, 4.69) is 16.6 Å². The van der Waals surface area contributed by atoms with Gasteiger partial charge in [0, 0.05) is 12.2 Å². The number of nitrogens with one attached hydrogen (secondary N) is 1. The first-order valence-corrected chi connectivity index (χ1v) is 6.48. The number of hydrogen-bond acceptors (Lipinski definition) is 4. The Labute approximate surface area is 95.3 Å². The lowest BCUT2D eigenvalue weighted by Crippen LogP contribution is -2.16. The van der Waals surface area contributed by atoms with Crippen molar-refractivity contribution in [3.05, 3.63) is 23.5 Å². The molecule has 1 aromatic heterocycles. The van der Waals surface area contributed by atoms with Gasteiger partial charge in [-0.05, 0) is 44.0 Å². The fraction of sp³-hybridized carbons (Fsp3) is 0.545. The van der Waals surface area contributed by atoms with Crippen molar-refractivity contribution >= 4 is 11.8 Å². The molecule has 1 rings (SSSR count). The van der Waals surface area contributed by atoms with Crippen LogP contribution >= 0.6 is 11.8 Å². The molecule has 0 aromatic carbocycles. The minimum absolute atomic E-state index is 0.276. The molecule has 0 saturated carbocycles. The predicted octanol–water partition coefficient (Wildman–Crippen LogP) is 1.94. The summed E-state index contributed by atoms with van der Waals surface area (Å²) in [7, 11) is 0. The van der Waals surface area contributed by atoms with Gasteiger partial charge in [0.25, 0.3) is 0 Å². The molecule has 0 fully saturated rings. The molecule has 1 heterocycles. The smallest absolute Gasteiger partial charge is 0.138 e. The first-order valence-electron chi connectivity index (χ1n) is 5.09. The minimum atomic E-state index is 0.276. The van der Waals surface area contributed by atoms with E-state index >= 15 is 0 Å². The second kappa shape index (κ2) is 6.69. The van der Waals surface area contributed by atoms with Crippen LogP contribution in [0.4, 0.5) is 0 Å². The van der Waals surface area contributed by atoms with Crippen LogP contribution in [-0.4, -0.2) is 28.6 Å². The third-order valence-corrected chi connectivity index (χ3v) is 2.78. The zero-order chi connectivity index (χ0) is 11.1. The highest BCUT2D eigenvalue weighted by molar-refractivity contribution is 7.98. The van der Waals surface area contributed by atoms with Crippen molar-refractivity contribution in [3.8, 4) is 5.75 Å². The molecule has 0 spiro atoms. The summed E-state index contributed by atoms with van der Waals surface area (Å²) in [5.74, 6) is 1.44. The standard InChI is InChI=1S/C11H18N2OS/c1-9-4-5-11(14)10(13-9)8-12-6-3-7-15-2/h4-5,12,14H,3,6-8H2,1-2H3. The summed E-state index contributed by atoms with van der Waals surface area (Å²) in [6.07, 6.45) is 3.25. The van der Waals surface area contributed by atoms with E-state index in [0.717, 1.165) is 24.4 Å². The number of aryl methyl sites for hydroxylation is 1. The Morgan fingerprint density at radius 1 is 1.47 bits per heavy atom. The van der Waals surface area contributed by atoms with E-state index < -0.39 is 0 Å². The lowest BCUT2D eigenvalue weighted by Gasteiger charge is -2.06. The molecule has 0 saturated heterocycles.